The molecule has 2 aliphatic heterocycles. The van der Waals surface area contributed by atoms with E-state index in [1.165, 1.54) is 12.8 Å². The van der Waals surface area contributed by atoms with Gasteiger partial charge in [0.25, 0.3) is 0 Å². The van der Waals surface area contributed by atoms with Crippen molar-refractivity contribution >= 4 is 11.8 Å². The third-order valence-corrected chi connectivity index (χ3v) is 4.75. The lowest BCUT2D eigenvalue weighted by molar-refractivity contribution is 0.386. The van der Waals surface area contributed by atoms with Crippen LogP contribution in [0.1, 0.15) is 18.7 Å². The minimum Gasteiger partial charge on any atom is -0.351 e. The van der Waals surface area contributed by atoms with Crippen LogP contribution in [0.15, 0.2) is 30.7 Å². The van der Waals surface area contributed by atoms with Crippen LogP contribution in [0.25, 0.3) is 0 Å². The van der Waals surface area contributed by atoms with Crippen molar-refractivity contribution in [1.29, 1.82) is 0 Å². The summed E-state index contributed by atoms with van der Waals surface area (Å²) >= 11 is 0. The lowest BCUT2D eigenvalue weighted by atomic mass is 9.92. The van der Waals surface area contributed by atoms with Crippen molar-refractivity contribution in [3.63, 3.8) is 0 Å². The molecule has 0 amide bonds. The summed E-state index contributed by atoms with van der Waals surface area (Å²) < 4.78 is 0. The predicted molar refractivity (Wildman–Crippen MR) is 84.9 cm³/mol. The Kier molecular flexibility index (Phi) is 3.36. The van der Waals surface area contributed by atoms with Crippen LogP contribution in [-0.2, 0) is 0 Å². The Balaban J connectivity index is 1.57. The van der Waals surface area contributed by atoms with Crippen molar-refractivity contribution in [2.75, 3.05) is 29.4 Å². The van der Waals surface area contributed by atoms with E-state index in [-0.39, 0.29) is 0 Å². The maximum atomic E-state index is 4.61. The first-order valence-corrected chi connectivity index (χ1v) is 7.89. The number of aryl methyl sites for hydroxylation is 1. The molecular formula is C16H20N6. The highest BCUT2D eigenvalue weighted by Crippen LogP contribution is 2.34. The van der Waals surface area contributed by atoms with Crippen LogP contribution in [0, 0.1) is 12.8 Å². The van der Waals surface area contributed by atoms with E-state index in [4.69, 9.17) is 0 Å². The quantitative estimate of drug-likeness (QED) is 0.840. The minimum absolute atomic E-state index is 0.492. The van der Waals surface area contributed by atoms with Gasteiger partial charge in [0.2, 0.25) is 5.95 Å². The molecule has 2 aromatic rings. The average Bonchev–Trinajstić information content (AvgIpc) is 2.99. The van der Waals surface area contributed by atoms with Gasteiger partial charge in [0.15, 0.2) is 0 Å². The van der Waals surface area contributed by atoms with Crippen LogP contribution in [0.3, 0.4) is 0 Å². The molecule has 0 bridgehead atoms. The zero-order valence-electron chi connectivity index (χ0n) is 12.8. The average molecular weight is 296 g/mol. The van der Waals surface area contributed by atoms with Gasteiger partial charge >= 0.3 is 0 Å². The first-order valence-electron chi connectivity index (χ1n) is 7.89. The summed E-state index contributed by atoms with van der Waals surface area (Å²) in [6, 6.07) is 4.38. The molecule has 0 radical (unpaired) electrons. The molecule has 2 atom stereocenters. The second-order valence-corrected chi connectivity index (χ2v) is 6.06. The molecule has 4 heterocycles. The Morgan fingerprint density at radius 1 is 1.05 bits per heavy atom. The Bertz CT molecular complexity index is 646. The topological polar surface area (TPSA) is 58.0 Å². The number of anilines is 2. The predicted octanol–water partition coefficient (Wildman–Crippen LogP) is 1.68. The molecule has 6 heteroatoms. The highest BCUT2D eigenvalue weighted by molar-refractivity contribution is 5.43. The molecule has 2 unspecified atom stereocenters. The highest BCUT2D eigenvalue weighted by atomic mass is 15.3. The zero-order valence-corrected chi connectivity index (χ0v) is 12.8. The van der Waals surface area contributed by atoms with Crippen LogP contribution in [0.2, 0.25) is 0 Å². The van der Waals surface area contributed by atoms with E-state index < -0.39 is 0 Å². The van der Waals surface area contributed by atoms with E-state index in [2.05, 4.69) is 29.7 Å². The largest absolute Gasteiger partial charge is 0.351 e. The molecule has 0 aromatic carbocycles. The second kappa shape index (κ2) is 5.51. The van der Waals surface area contributed by atoms with E-state index in [9.17, 15) is 0 Å². The van der Waals surface area contributed by atoms with E-state index in [0.29, 0.717) is 6.04 Å². The summed E-state index contributed by atoms with van der Waals surface area (Å²) in [7, 11) is 0. The number of aromatic nitrogens is 4. The molecule has 0 spiro atoms. The molecule has 4 rings (SSSR count). The van der Waals surface area contributed by atoms with Gasteiger partial charge in [-0.1, -0.05) is 0 Å². The first kappa shape index (κ1) is 13.4. The summed E-state index contributed by atoms with van der Waals surface area (Å²) in [5.41, 5.74) is 0. The van der Waals surface area contributed by atoms with Crippen molar-refractivity contribution < 1.29 is 0 Å². The van der Waals surface area contributed by atoms with E-state index in [0.717, 1.165) is 43.1 Å². The SMILES string of the molecule is Cc1nccc(N2CCC3CCN(c4ncccn4)CC32)n1. The van der Waals surface area contributed by atoms with Crippen LogP contribution < -0.4 is 9.80 Å². The second-order valence-electron chi connectivity index (χ2n) is 6.06. The number of hydrogen-bond donors (Lipinski definition) is 0. The number of hydrogen-bond acceptors (Lipinski definition) is 6. The first-order chi connectivity index (χ1) is 10.8. The van der Waals surface area contributed by atoms with Crippen molar-refractivity contribution in [2.24, 2.45) is 5.92 Å². The third kappa shape index (κ3) is 2.38. The molecule has 22 heavy (non-hydrogen) atoms. The number of rotatable bonds is 2. The summed E-state index contributed by atoms with van der Waals surface area (Å²) in [6.07, 6.45) is 7.93. The summed E-state index contributed by atoms with van der Waals surface area (Å²) in [5.74, 6) is 3.47. The van der Waals surface area contributed by atoms with Crippen LogP contribution in [0.5, 0.6) is 0 Å². The summed E-state index contributed by atoms with van der Waals surface area (Å²) in [6.45, 7) is 5.04. The lowest BCUT2D eigenvalue weighted by Gasteiger charge is -2.38. The monoisotopic (exact) mass is 296 g/mol. The van der Waals surface area contributed by atoms with Crippen LogP contribution in [-0.4, -0.2) is 45.6 Å². The smallest absolute Gasteiger partial charge is 0.225 e. The zero-order chi connectivity index (χ0) is 14.9. The lowest BCUT2D eigenvalue weighted by Crippen LogP contribution is -2.49. The van der Waals surface area contributed by atoms with E-state index in [1.807, 2.05) is 37.6 Å². The Hall–Kier alpha value is -2.24. The van der Waals surface area contributed by atoms with Crippen molar-refractivity contribution in [1.82, 2.24) is 19.9 Å². The number of fused-ring (bicyclic) bond motifs is 1. The van der Waals surface area contributed by atoms with E-state index >= 15 is 0 Å². The fourth-order valence-electron chi connectivity index (χ4n) is 3.66. The minimum atomic E-state index is 0.492. The van der Waals surface area contributed by atoms with Gasteiger partial charge in [-0.15, -0.1) is 0 Å². The van der Waals surface area contributed by atoms with Gasteiger partial charge in [0.05, 0.1) is 6.04 Å². The highest BCUT2D eigenvalue weighted by Gasteiger charge is 2.39. The van der Waals surface area contributed by atoms with Gasteiger partial charge < -0.3 is 9.80 Å². The van der Waals surface area contributed by atoms with E-state index in [1.54, 1.807) is 0 Å². The molecule has 0 saturated carbocycles. The van der Waals surface area contributed by atoms with Crippen molar-refractivity contribution in [3.8, 4) is 0 Å². The molecule has 2 fully saturated rings. The Labute approximate surface area is 130 Å². The number of piperidine rings is 1. The molecule has 2 saturated heterocycles. The molecule has 6 nitrogen and oxygen atoms in total. The van der Waals surface area contributed by atoms with Gasteiger partial charge in [-0.05, 0) is 37.8 Å². The standard InChI is InChI=1S/C16H20N6/c1-12-17-8-3-15(20-12)22-10-5-13-4-9-21(11-14(13)22)16-18-6-2-7-19-16/h2-3,6-8,13-14H,4-5,9-11H2,1H3. The van der Waals surface area contributed by atoms with Crippen LogP contribution in [0.4, 0.5) is 11.8 Å². The molecule has 0 aliphatic carbocycles. The summed E-state index contributed by atoms with van der Waals surface area (Å²) in [4.78, 5) is 22.4. The Morgan fingerprint density at radius 3 is 2.68 bits per heavy atom. The van der Waals surface area contributed by atoms with Crippen molar-refractivity contribution in [3.05, 3.63) is 36.5 Å². The molecule has 114 valence electrons. The molecular weight excluding hydrogens is 276 g/mol. The Morgan fingerprint density at radius 2 is 1.86 bits per heavy atom. The van der Waals surface area contributed by atoms with Crippen LogP contribution >= 0.6 is 0 Å². The maximum Gasteiger partial charge on any atom is 0.225 e. The third-order valence-electron chi connectivity index (χ3n) is 4.75. The fourth-order valence-corrected chi connectivity index (χ4v) is 3.66. The molecule has 2 aromatic heterocycles. The normalized spacial score (nSPS) is 24.4. The van der Waals surface area contributed by atoms with Gasteiger partial charge in [0, 0.05) is 38.2 Å². The maximum absolute atomic E-state index is 4.61. The fraction of sp³-hybridized carbons (Fsp3) is 0.500. The molecule has 2 aliphatic rings. The van der Waals surface area contributed by atoms with Gasteiger partial charge in [0.1, 0.15) is 11.6 Å². The summed E-state index contributed by atoms with van der Waals surface area (Å²) in [5, 5.41) is 0. The van der Waals surface area contributed by atoms with Gasteiger partial charge in [-0.2, -0.15) is 0 Å². The van der Waals surface area contributed by atoms with Gasteiger partial charge in [-0.3, -0.25) is 0 Å². The number of nitrogens with zero attached hydrogens (tertiary/aromatic N) is 6. The van der Waals surface area contributed by atoms with Crippen molar-refractivity contribution in [2.45, 2.75) is 25.8 Å². The molecule has 0 N–H and O–H groups in total. The van der Waals surface area contributed by atoms with Gasteiger partial charge in [-0.25, -0.2) is 19.9 Å².